The van der Waals surface area contributed by atoms with Crippen LogP contribution in [0, 0.1) is 0 Å². The largest absolute Gasteiger partial charge is 0.493 e. The molecule has 0 atom stereocenters. The minimum absolute atomic E-state index is 0.209. The Bertz CT molecular complexity index is 1260. The van der Waals surface area contributed by atoms with Crippen LogP contribution in [0.25, 0.3) is 10.2 Å². The van der Waals surface area contributed by atoms with Crippen LogP contribution < -0.4 is 14.9 Å². The molecule has 1 heterocycles. The van der Waals surface area contributed by atoms with E-state index < -0.39 is 0 Å². The number of methoxy groups -OCH3 is 1. The average Bonchev–Trinajstić information content (AvgIpc) is 3.25. The van der Waals surface area contributed by atoms with Crippen molar-refractivity contribution in [1.29, 1.82) is 0 Å². The average molecular weight is 498 g/mol. The van der Waals surface area contributed by atoms with Crippen molar-refractivity contribution in [3.63, 3.8) is 0 Å². The van der Waals surface area contributed by atoms with Gasteiger partial charge in [0.15, 0.2) is 15.8 Å². The summed E-state index contributed by atoms with van der Waals surface area (Å²) in [7, 11) is 1.58. The van der Waals surface area contributed by atoms with E-state index in [1.807, 2.05) is 54.6 Å². The van der Waals surface area contributed by atoms with Gasteiger partial charge < -0.3 is 9.47 Å². The lowest BCUT2D eigenvalue weighted by Crippen LogP contribution is -2.19. The molecule has 4 aromatic rings. The number of thioether (sulfide) groups is 1. The van der Waals surface area contributed by atoms with Gasteiger partial charge in [-0.15, -0.1) is 11.3 Å². The first kappa shape index (κ1) is 23.1. The Morgan fingerprint density at radius 1 is 1.15 bits per heavy atom. The van der Waals surface area contributed by atoms with Gasteiger partial charge in [0, 0.05) is 10.6 Å². The highest BCUT2D eigenvalue weighted by Crippen LogP contribution is 2.30. The zero-order chi connectivity index (χ0) is 23.0. The van der Waals surface area contributed by atoms with Crippen LogP contribution in [0.5, 0.6) is 11.5 Å². The molecule has 1 N–H and O–H groups in total. The molecule has 6 nitrogen and oxygen atoms in total. The zero-order valence-electron chi connectivity index (χ0n) is 17.7. The Kier molecular flexibility index (Phi) is 7.83. The number of para-hydroxylation sites is 1. The van der Waals surface area contributed by atoms with Crippen molar-refractivity contribution in [2.75, 3.05) is 12.9 Å². The van der Waals surface area contributed by atoms with Crippen LogP contribution in [0.3, 0.4) is 0 Å². The van der Waals surface area contributed by atoms with E-state index in [0.29, 0.717) is 23.1 Å². The number of thiazole rings is 1. The molecule has 0 radical (unpaired) electrons. The van der Waals surface area contributed by atoms with E-state index in [1.165, 1.54) is 11.8 Å². The molecule has 3 aromatic carbocycles. The first-order valence-corrected chi connectivity index (χ1v) is 12.1. The highest BCUT2D eigenvalue weighted by Gasteiger charge is 2.09. The first-order chi connectivity index (χ1) is 16.1. The quantitative estimate of drug-likeness (QED) is 0.180. The lowest BCUT2D eigenvalue weighted by Gasteiger charge is -2.12. The molecule has 1 amide bonds. The molecule has 0 aliphatic rings. The van der Waals surface area contributed by atoms with Gasteiger partial charge >= 0.3 is 0 Å². The summed E-state index contributed by atoms with van der Waals surface area (Å²) >= 11 is 9.16. The van der Waals surface area contributed by atoms with Gasteiger partial charge in [0.2, 0.25) is 0 Å². The standard InChI is InChI=1S/C24H20ClN3O3S2/c1-30-20-11-10-16(12-21(20)31-14-17-6-2-3-7-18(17)25)13-26-28-23(29)15-32-24-27-19-8-4-5-9-22(19)33-24/h2-13H,14-15H2,1H3,(H,28,29)/b26-13-. The van der Waals surface area contributed by atoms with E-state index in [4.69, 9.17) is 21.1 Å². The van der Waals surface area contributed by atoms with Crippen LogP contribution in [0.2, 0.25) is 5.02 Å². The Morgan fingerprint density at radius 2 is 1.97 bits per heavy atom. The van der Waals surface area contributed by atoms with Crippen molar-refractivity contribution in [1.82, 2.24) is 10.4 Å². The minimum atomic E-state index is -0.209. The molecule has 0 fully saturated rings. The van der Waals surface area contributed by atoms with Crippen molar-refractivity contribution in [2.45, 2.75) is 10.9 Å². The normalized spacial score (nSPS) is 11.1. The van der Waals surface area contributed by atoms with Crippen molar-refractivity contribution in [3.8, 4) is 11.5 Å². The number of hydrogen-bond donors (Lipinski definition) is 1. The number of nitrogens with one attached hydrogen (secondary N) is 1. The van der Waals surface area contributed by atoms with Gasteiger partial charge in [0.05, 0.1) is 29.3 Å². The molecule has 0 aliphatic heterocycles. The second-order valence-electron chi connectivity index (χ2n) is 6.82. The van der Waals surface area contributed by atoms with E-state index in [2.05, 4.69) is 15.5 Å². The van der Waals surface area contributed by atoms with E-state index in [1.54, 1.807) is 36.8 Å². The second kappa shape index (κ2) is 11.2. The predicted molar refractivity (Wildman–Crippen MR) is 135 cm³/mol. The van der Waals surface area contributed by atoms with Crippen LogP contribution >= 0.6 is 34.7 Å². The molecule has 33 heavy (non-hydrogen) atoms. The third kappa shape index (κ3) is 6.25. The molecule has 0 spiro atoms. The van der Waals surface area contributed by atoms with Crippen LogP contribution in [-0.4, -0.2) is 30.0 Å². The van der Waals surface area contributed by atoms with E-state index >= 15 is 0 Å². The molecule has 9 heteroatoms. The summed E-state index contributed by atoms with van der Waals surface area (Å²) in [5.74, 6) is 1.17. The molecule has 168 valence electrons. The van der Waals surface area contributed by atoms with Crippen molar-refractivity contribution in [3.05, 3.63) is 82.9 Å². The number of rotatable bonds is 9. The Hall–Kier alpha value is -3.07. The summed E-state index contributed by atoms with van der Waals surface area (Å²) in [4.78, 5) is 16.7. The fourth-order valence-electron chi connectivity index (χ4n) is 2.91. The van der Waals surface area contributed by atoms with Crippen molar-refractivity contribution < 1.29 is 14.3 Å². The maximum atomic E-state index is 12.2. The van der Waals surface area contributed by atoms with Crippen LogP contribution in [0.4, 0.5) is 0 Å². The van der Waals surface area contributed by atoms with Crippen LogP contribution in [-0.2, 0) is 11.4 Å². The fraction of sp³-hybridized carbons (Fsp3) is 0.125. The van der Waals surface area contributed by atoms with Gasteiger partial charge in [-0.2, -0.15) is 5.10 Å². The molecule has 4 rings (SSSR count). The predicted octanol–water partition coefficient (Wildman–Crippen LogP) is 5.78. The van der Waals surface area contributed by atoms with E-state index in [-0.39, 0.29) is 11.7 Å². The first-order valence-electron chi connectivity index (χ1n) is 9.97. The molecule has 0 saturated carbocycles. The maximum Gasteiger partial charge on any atom is 0.250 e. The van der Waals surface area contributed by atoms with E-state index in [9.17, 15) is 4.79 Å². The van der Waals surface area contributed by atoms with Crippen LogP contribution in [0.15, 0.2) is 76.2 Å². The third-order valence-corrected chi connectivity index (χ3v) is 7.08. The zero-order valence-corrected chi connectivity index (χ0v) is 20.0. The molecular formula is C24H20ClN3O3S2. The Morgan fingerprint density at radius 3 is 2.79 bits per heavy atom. The summed E-state index contributed by atoms with van der Waals surface area (Å²) in [6, 6.07) is 20.8. The topological polar surface area (TPSA) is 72.8 Å². The summed E-state index contributed by atoms with van der Waals surface area (Å²) in [5, 5.41) is 4.69. The Balaban J connectivity index is 1.32. The number of hydrazone groups is 1. The van der Waals surface area contributed by atoms with Gasteiger partial charge in [-0.1, -0.05) is 53.7 Å². The summed E-state index contributed by atoms with van der Waals surface area (Å²) in [6.07, 6.45) is 1.56. The highest BCUT2D eigenvalue weighted by atomic mass is 35.5. The van der Waals surface area contributed by atoms with Gasteiger partial charge in [-0.3, -0.25) is 4.79 Å². The number of carbonyl (C=O) groups is 1. The molecule has 0 saturated heterocycles. The maximum absolute atomic E-state index is 12.2. The fourth-order valence-corrected chi connectivity index (χ4v) is 4.96. The SMILES string of the molecule is COc1ccc(/C=N\NC(=O)CSc2nc3ccccc3s2)cc1OCc1ccccc1Cl. The van der Waals surface area contributed by atoms with Crippen LogP contribution in [0.1, 0.15) is 11.1 Å². The number of halogens is 1. The molecule has 1 aromatic heterocycles. The number of aromatic nitrogens is 1. The number of benzene rings is 3. The van der Waals surface area contributed by atoms with Crippen molar-refractivity contribution in [2.24, 2.45) is 5.10 Å². The number of nitrogens with zero attached hydrogens (tertiary/aromatic N) is 2. The molecule has 0 aliphatic carbocycles. The third-order valence-electron chi connectivity index (χ3n) is 4.53. The second-order valence-corrected chi connectivity index (χ2v) is 9.48. The van der Waals surface area contributed by atoms with Gasteiger partial charge in [0.25, 0.3) is 5.91 Å². The van der Waals surface area contributed by atoms with E-state index in [0.717, 1.165) is 25.7 Å². The lowest BCUT2D eigenvalue weighted by atomic mass is 10.2. The molecular weight excluding hydrogens is 478 g/mol. The monoisotopic (exact) mass is 497 g/mol. The smallest absolute Gasteiger partial charge is 0.250 e. The number of amides is 1. The minimum Gasteiger partial charge on any atom is -0.493 e. The summed E-state index contributed by atoms with van der Waals surface area (Å²) in [6.45, 7) is 0.302. The number of fused-ring (bicyclic) bond motifs is 1. The Labute approximate surface area is 204 Å². The van der Waals surface area contributed by atoms with Gasteiger partial charge in [-0.05, 0) is 42.0 Å². The van der Waals surface area contributed by atoms with Gasteiger partial charge in [-0.25, -0.2) is 10.4 Å². The van der Waals surface area contributed by atoms with Crippen molar-refractivity contribution >= 4 is 57.0 Å². The summed E-state index contributed by atoms with van der Waals surface area (Å²) < 4.78 is 13.2. The molecule has 0 bridgehead atoms. The number of carbonyl (C=O) groups excluding carboxylic acids is 1. The number of ether oxygens (including phenoxy) is 2. The lowest BCUT2D eigenvalue weighted by molar-refractivity contribution is -0.118. The highest BCUT2D eigenvalue weighted by molar-refractivity contribution is 8.01. The number of hydrogen-bond acceptors (Lipinski definition) is 7. The van der Waals surface area contributed by atoms with Gasteiger partial charge in [0.1, 0.15) is 6.61 Å². The molecule has 0 unspecified atom stereocenters. The summed E-state index contributed by atoms with van der Waals surface area (Å²) in [5.41, 5.74) is 5.11.